The third-order valence-corrected chi connectivity index (χ3v) is 2.46. The minimum atomic E-state index is -0.355. The predicted molar refractivity (Wildman–Crippen MR) is 67.6 cm³/mol. The quantitative estimate of drug-likeness (QED) is 0.712. The van der Waals surface area contributed by atoms with Gasteiger partial charge in [-0.1, -0.05) is 6.92 Å². The van der Waals surface area contributed by atoms with Crippen LogP contribution < -0.4 is 4.74 Å². The zero-order valence-corrected chi connectivity index (χ0v) is 10.9. The summed E-state index contributed by atoms with van der Waals surface area (Å²) in [6.07, 6.45) is 0.463. The summed E-state index contributed by atoms with van der Waals surface area (Å²) in [5.41, 5.74) is 0.662. The van der Waals surface area contributed by atoms with Crippen LogP contribution in [-0.2, 0) is 4.74 Å². The van der Waals surface area contributed by atoms with Gasteiger partial charge < -0.3 is 9.47 Å². The lowest BCUT2D eigenvalue weighted by Crippen LogP contribution is -2.22. The van der Waals surface area contributed by atoms with E-state index in [-0.39, 0.29) is 18.0 Å². The second kappa shape index (κ2) is 6.40. The van der Waals surface area contributed by atoms with E-state index in [2.05, 4.69) is 0 Å². The highest BCUT2D eigenvalue weighted by atomic mass is 16.5. The molecule has 1 aromatic rings. The molecule has 0 aromatic heterocycles. The molecule has 0 saturated heterocycles. The van der Waals surface area contributed by atoms with Gasteiger partial charge in [-0.2, -0.15) is 0 Å². The van der Waals surface area contributed by atoms with Crippen molar-refractivity contribution in [1.29, 1.82) is 0 Å². The molecule has 0 bridgehead atoms. The molecule has 17 heavy (non-hydrogen) atoms. The smallest absolute Gasteiger partial charge is 0.191 e. The van der Waals surface area contributed by atoms with Crippen LogP contribution in [0.25, 0.3) is 0 Å². The highest BCUT2D eigenvalue weighted by Gasteiger charge is 2.17. The van der Waals surface area contributed by atoms with Crippen molar-refractivity contribution < 1.29 is 14.3 Å². The molecule has 0 heterocycles. The first-order chi connectivity index (χ1) is 8.08. The summed E-state index contributed by atoms with van der Waals surface area (Å²) in [5.74, 6) is 0.799. The first-order valence-electron chi connectivity index (χ1n) is 5.92. The molecule has 0 spiro atoms. The van der Waals surface area contributed by atoms with Crippen LogP contribution >= 0.6 is 0 Å². The van der Waals surface area contributed by atoms with Crippen molar-refractivity contribution in [3.8, 4) is 5.75 Å². The van der Waals surface area contributed by atoms with E-state index < -0.39 is 0 Å². The maximum Gasteiger partial charge on any atom is 0.191 e. The summed E-state index contributed by atoms with van der Waals surface area (Å²) >= 11 is 0. The van der Waals surface area contributed by atoms with Crippen LogP contribution in [0.2, 0.25) is 0 Å². The van der Waals surface area contributed by atoms with E-state index in [1.54, 1.807) is 19.2 Å². The average Bonchev–Trinajstić information content (AvgIpc) is 2.30. The van der Waals surface area contributed by atoms with Crippen molar-refractivity contribution in [3.05, 3.63) is 29.8 Å². The van der Waals surface area contributed by atoms with Crippen molar-refractivity contribution in [2.45, 2.75) is 39.4 Å². The highest BCUT2D eigenvalue weighted by molar-refractivity contribution is 5.99. The molecule has 1 atom stereocenters. The van der Waals surface area contributed by atoms with Gasteiger partial charge in [-0.15, -0.1) is 0 Å². The number of benzene rings is 1. The van der Waals surface area contributed by atoms with Gasteiger partial charge in [0.1, 0.15) is 11.9 Å². The topological polar surface area (TPSA) is 35.5 Å². The van der Waals surface area contributed by atoms with Crippen LogP contribution in [0.15, 0.2) is 24.3 Å². The number of ether oxygens (including phenoxy) is 2. The van der Waals surface area contributed by atoms with E-state index in [9.17, 15) is 4.79 Å². The van der Waals surface area contributed by atoms with Crippen molar-refractivity contribution >= 4 is 5.78 Å². The number of hydrogen-bond acceptors (Lipinski definition) is 3. The average molecular weight is 236 g/mol. The fourth-order valence-corrected chi connectivity index (χ4v) is 1.61. The van der Waals surface area contributed by atoms with E-state index in [0.29, 0.717) is 12.0 Å². The first-order valence-corrected chi connectivity index (χ1v) is 5.92. The Labute approximate surface area is 103 Å². The predicted octanol–water partition coefficient (Wildman–Crippen LogP) is 3.08. The Kier molecular flexibility index (Phi) is 5.16. The van der Waals surface area contributed by atoms with E-state index in [0.717, 1.165) is 5.75 Å². The molecule has 0 saturated carbocycles. The lowest BCUT2D eigenvalue weighted by atomic mass is 10.0. The van der Waals surface area contributed by atoms with Crippen molar-refractivity contribution in [2.75, 3.05) is 7.11 Å². The normalized spacial score (nSPS) is 12.5. The van der Waals surface area contributed by atoms with E-state index in [1.807, 2.05) is 32.9 Å². The molecule has 0 fully saturated rings. The Morgan fingerprint density at radius 1 is 1.24 bits per heavy atom. The largest absolute Gasteiger partial charge is 0.491 e. The van der Waals surface area contributed by atoms with Crippen LogP contribution in [0.4, 0.5) is 0 Å². The molecular weight excluding hydrogens is 216 g/mol. The SMILES string of the molecule is CCC(OC)C(=O)c1ccc(OC(C)C)cc1. The molecule has 0 aliphatic heterocycles. The fourth-order valence-electron chi connectivity index (χ4n) is 1.61. The van der Waals surface area contributed by atoms with Crippen molar-refractivity contribution in [3.63, 3.8) is 0 Å². The summed E-state index contributed by atoms with van der Waals surface area (Å²) in [7, 11) is 1.56. The summed E-state index contributed by atoms with van der Waals surface area (Å²) in [5, 5.41) is 0. The Hall–Kier alpha value is -1.35. The highest BCUT2D eigenvalue weighted by Crippen LogP contribution is 2.16. The Balaban J connectivity index is 2.76. The van der Waals surface area contributed by atoms with Gasteiger partial charge >= 0.3 is 0 Å². The second-order valence-corrected chi connectivity index (χ2v) is 4.19. The molecule has 1 unspecified atom stereocenters. The molecule has 0 amide bonds. The zero-order valence-electron chi connectivity index (χ0n) is 10.9. The van der Waals surface area contributed by atoms with Crippen LogP contribution in [-0.4, -0.2) is 25.1 Å². The zero-order chi connectivity index (χ0) is 12.8. The maximum atomic E-state index is 12.0. The van der Waals surface area contributed by atoms with Gasteiger partial charge in [0.2, 0.25) is 0 Å². The van der Waals surface area contributed by atoms with Gasteiger partial charge in [0.25, 0.3) is 0 Å². The Morgan fingerprint density at radius 3 is 2.24 bits per heavy atom. The van der Waals surface area contributed by atoms with Crippen LogP contribution in [0.5, 0.6) is 5.75 Å². The number of carbonyl (C=O) groups excluding carboxylic acids is 1. The van der Waals surface area contributed by atoms with Crippen LogP contribution in [0.1, 0.15) is 37.6 Å². The maximum absolute atomic E-state index is 12.0. The lowest BCUT2D eigenvalue weighted by Gasteiger charge is -2.13. The first kappa shape index (κ1) is 13.7. The number of methoxy groups -OCH3 is 1. The standard InChI is InChI=1S/C14H20O3/c1-5-13(16-4)14(15)11-6-8-12(9-7-11)17-10(2)3/h6-10,13H,5H2,1-4H3. The second-order valence-electron chi connectivity index (χ2n) is 4.19. The van der Waals surface area contributed by atoms with Crippen molar-refractivity contribution in [2.24, 2.45) is 0 Å². The molecular formula is C14H20O3. The van der Waals surface area contributed by atoms with Crippen LogP contribution in [0, 0.1) is 0 Å². The number of carbonyl (C=O) groups is 1. The van der Waals surface area contributed by atoms with E-state index in [1.165, 1.54) is 0 Å². The molecule has 94 valence electrons. The van der Waals surface area contributed by atoms with E-state index in [4.69, 9.17) is 9.47 Å². The molecule has 1 aromatic carbocycles. The third-order valence-electron chi connectivity index (χ3n) is 2.46. The fraction of sp³-hybridized carbons (Fsp3) is 0.500. The van der Waals surface area contributed by atoms with Crippen molar-refractivity contribution in [1.82, 2.24) is 0 Å². The third kappa shape index (κ3) is 3.86. The molecule has 1 rings (SSSR count). The van der Waals surface area contributed by atoms with Gasteiger partial charge in [0, 0.05) is 12.7 Å². The summed E-state index contributed by atoms with van der Waals surface area (Å²) in [6, 6.07) is 7.19. The monoisotopic (exact) mass is 236 g/mol. The molecule has 0 aliphatic carbocycles. The minimum absolute atomic E-state index is 0.0195. The summed E-state index contributed by atoms with van der Waals surface area (Å²) in [4.78, 5) is 12.0. The number of rotatable bonds is 6. The Bertz CT molecular complexity index is 350. The van der Waals surface area contributed by atoms with E-state index >= 15 is 0 Å². The summed E-state index contributed by atoms with van der Waals surface area (Å²) in [6.45, 7) is 5.87. The van der Waals surface area contributed by atoms with Gasteiger partial charge in [-0.05, 0) is 44.5 Å². The van der Waals surface area contributed by atoms with Crippen LogP contribution in [0.3, 0.4) is 0 Å². The summed E-state index contributed by atoms with van der Waals surface area (Å²) < 4.78 is 10.6. The number of Topliss-reactive ketones (excluding diaryl/α,β-unsaturated/α-hetero) is 1. The van der Waals surface area contributed by atoms with Gasteiger partial charge in [-0.25, -0.2) is 0 Å². The molecule has 0 aliphatic rings. The molecule has 3 nitrogen and oxygen atoms in total. The number of ketones is 1. The lowest BCUT2D eigenvalue weighted by molar-refractivity contribution is 0.0595. The molecule has 0 N–H and O–H groups in total. The molecule has 3 heteroatoms. The molecule has 0 radical (unpaired) electrons. The number of hydrogen-bond donors (Lipinski definition) is 0. The van der Waals surface area contributed by atoms with Gasteiger partial charge in [-0.3, -0.25) is 4.79 Å². The Morgan fingerprint density at radius 2 is 1.82 bits per heavy atom. The van der Waals surface area contributed by atoms with Gasteiger partial charge in [0.05, 0.1) is 6.10 Å². The van der Waals surface area contributed by atoms with Gasteiger partial charge in [0.15, 0.2) is 5.78 Å². The minimum Gasteiger partial charge on any atom is -0.491 e.